The van der Waals surface area contributed by atoms with Crippen LogP contribution in [0, 0.1) is 60.7 Å². The summed E-state index contributed by atoms with van der Waals surface area (Å²) >= 11 is 20.3. The number of imide groups is 2. The molecule has 2 aliphatic carbocycles. The molecule has 2 aliphatic heterocycles. The molecule has 3 aromatic carbocycles. The van der Waals surface area contributed by atoms with Crippen molar-refractivity contribution in [2.75, 3.05) is 9.80 Å². The quantitative estimate of drug-likeness (QED) is 0.0771. The van der Waals surface area contributed by atoms with E-state index in [1.807, 2.05) is 0 Å². The van der Waals surface area contributed by atoms with E-state index in [9.17, 15) is 37.5 Å². The normalized spacial score (nSPS) is 29.3. The Morgan fingerprint density at radius 3 is 1.90 bits per heavy atom. The number of fused-ring (bicyclic) bond motifs is 4. The first-order valence-electron chi connectivity index (χ1n) is 14.9. The first kappa shape index (κ1) is 33.5. The van der Waals surface area contributed by atoms with Gasteiger partial charge >= 0.3 is 0 Å². The highest BCUT2D eigenvalue weighted by molar-refractivity contribution is 6.58. The van der Waals surface area contributed by atoms with Crippen molar-refractivity contribution in [3.8, 4) is 5.75 Å². The van der Waals surface area contributed by atoms with E-state index in [-0.39, 0.29) is 28.3 Å². The third-order valence-corrected chi connectivity index (χ3v) is 11.8. The number of rotatable bonds is 3. The first-order valence-corrected chi connectivity index (χ1v) is 16.0. The molecule has 4 amide bonds. The van der Waals surface area contributed by atoms with Gasteiger partial charge in [0.2, 0.25) is 17.6 Å². The molecule has 1 saturated carbocycles. The summed E-state index contributed by atoms with van der Waals surface area (Å²) in [6.45, 7) is 3.08. The van der Waals surface area contributed by atoms with Gasteiger partial charge in [0.15, 0.2) is 33.0 Å². The fraction of sp³-hybridized carbons (Fsp3) is 0.294. The Morgan fingerprint density at radius 1 is 0.776 bits per heavy atom. The molecule has 49 heavy (non-hydrogen) atoms. The molecule has 0 spiro atoms. The van der Waals surface area contributed by atoms with Crippen molar-refractivity contribution in [1.82, 2.24) is 0 Å². The van der Waals surface area contributed by atoms with Crippen LogP contribution in [-0.2, 0) is 19.2 Å². The van der Waals surface area contributed by atoms with Gasteiger partial charge in [-0.1, -0.05) is 35.4 Å². The molecular weight excluding hydrogens is 718 g/mol. The highest BCUT2D eigenvalue weighted by Gasteiger charge is 2.77. The zero-order chi connectivity index (χ0) is 35.6. The van der Waals surface area contributed by atoms with Crippen LogP contribution >= 0.6 is 34.8 Å². The third-order valence-electron chi connectivity index (χ3n) is 10.2. The van der Waals surface area contributed by atoms with Crippen molar-refractivity contribution in [3.63, 3.8) is 0 Å². The number of hydrogen-bond acceptors (Lipinski definition) is 5. The summed E-state index contributed by atoms with van der Waals surface area (Å²) in [7, 11) is 0. The first-order chi connectivity index (χ1) is 23.0. The fourth-order valence-electron chi connectivity index (χ4n) is 7.94. The lowest BCUT2D eigenvalue weighted by molar-refractivity contribution is -0.125. The van der Waals surface area contributed by atoms with Gasteiger partial charge < -0.3 is 5.11 Å². The van der Waals surface area contributed by atoms with E-state index in [2.05, 4.69) is 0 Å². The SMILES string of the molecule is Cc1cc(C2C3=CCC4C(=O)N(c5ccc(Cl)cc5)C(=O)C4C3CC3(Cl)C(=O)N(c4c(F)c(F)c(F)c(F)c4F)C(=O)C23Cl)cc(C)c1O. The van der Waals surface area contributed by atoms with Crippen molar-refractivity contribution >= 4 is 69.8 Å². The second-order valence-electron chi connectivity index (χ2n) is 12.7. The Morgan fingerprint density at radius 2 is 1.33 bits per heavy atom. The number of amides is 4. The van der Waals surface area contributed by atoms with Crippen LogP contribution in [0.15, 0.2) is 48.0 Å². The average molecular weight is 740 g/mol. The van der Waals surface area contributed by atoms with Crippen molar-refractivity contribution in [1.29, 1.82) is 0 Å². The third kappa shape index (κ3) is 4.26. The molecule has 254 valence electrons. The van der Waals surface area contributed by atoms with Gasteiger partial charge in [0.25, 0.3) is 11.8 Å². The van der Waals surface area contributed by atoms with Crippen LogP contribution in [-0.4, -0.2) is 38.5 Å². The molecule has 2 heterocycles. The minimum Gasteiger partial charge on any atom is -0.507 e. The maximum absolute atomic E-state index is 15.2. The Balaban J connectivity index is 1.45. The van der Waals surface area contributed by atoms with E-state index in [1.165, 1.54) is 50.2 Å². The number of carbonyl (C=O) groups excluding carboxylic acids is 4. The number of aryl methyl sites for hydroxylation is 2. The second kappa shape index (κ2) is 11.0. The summed E-state index contributed by atoms with van der Waals surface area (Å²) < 4.78 is 73.3. The van der Waals surface area contributed by atoms with Gasteiger partial charge in [-0.15, -0.1) is 23.2 Å². The standard InChI is InChI=1S/C34H22Cl3F5N2O5/c1-12-9-14(10-13(2)28(12)45)21-17-7-8-18-20(30(47)43(29(18)46)16-5-3-15(35)4-6-16)19(17)11-33(36)31(48)44(32(49)34(21,33)37)27-25(41)23(39)22(38)24(40)26(27)42/h3-7,9-10,18-21,45H,8,11H2,1-2H3. The monoisotopic (exact) mass is 738 g/mol. The molecule has 15 heteroatoms. The summed E-state index contributed by atoms with van der Waals surface area (Å²) in [5.41, 5.74) is -0.508. The number of anilines is 2. The number of aromatic hydroxyl groups is 1. The van der Waals surface area contributed by atoms with E-state index in [0.29, 0.717) is 21.7 Å². The second-order valence-corrected chi connectivity index (χ2v) is 14.4. The molecule has 7 rings (SSSR count). The molecule has 6 atom stereocenters. The number of alkyl halides is 2. The smallest absolute Gasteiger partial charge is 0.258 e. The number of carbonyl (C=O) groups is 4. The summed E-state index contributed by atoms with van der Waals surface area (Å²) in [5.74, 6) is -21.3. The van der Waals surface area contributed by atoms with Crippen LogP contribution < -0.4 is 9.80 Å². The van der Waals surface area contributed by atoms with Gasteiger partial charge in [-0.2, -0.15) is 0 Å². The molecule has 0 bridgehead atoms. The summed E-state index contributed by atoms with van der Waals surface area (Å²) in [6.07, 6.45) is 0.967. The molecule has 1 N–H and O–H groups in total. The van der Waals surface area contributed by atoms with Crippen molar-refractivity contribution < 1.29 is 46.2 Å². The maximum atomic E-state index is 15.2. The van der Waals surface area contributed by atoms with Crippen LogP contribution in [0.5, 0.6) is 5.75 Å². The van der Waals surface area contributed by atoms with Crippen molar-refractivity contribution in [3.05, 3.63) is 98.8 Å². The van der Waals surface area contributed by atoms with Gasteiger partial charge in [-0.3, -0.25) is 24.1 Å². The minimum atomic E-state index is -2.65. The summed E-state index contributed by atoms with van der Waals surface area (Å²) in [6, 6.07) is 8.82. The molecule has 3 fully saturated rings. The number of phenolic OH excluding ortho intramolecular Hbond substituents is 1. The molecule has 4 aliphatic rings. The van der Waals surface area contributed by atoms with Crippen molar-refractivity contribution in [2.24, 2.45) is 17.8 Å². The Bertz CT molecular complexity index is 2040. The summed E-state index contributed by atoms with van der Waals surface area (Å²) in [4.78, 5) is 52.0. The Labute approximate surface area is 289 Å². The fourth-order valence-corrected chi connectivity index (χ4v) is 9.00. The lowest BCUT2D eigenvalue weighted by Gasteiger charge is -2.50. The number of phenols is 1. The van der Waals surface area contributed by atoms with Crippen LogP contribution in [0.2, 0.25) is 5.02 Å². The Kier molecular flexibility index (Phi) is 7.52. The van der Waals surface area contributed by atoms with E-state index >= 15 is 8.78 Å². The van der Waals surface area contributed by atoms with Crippen LogP contribution in [0.25, 0.3) is 0 Å². The van der Waals surface area contributed by atoms with E-state index in [0.717, 1.165) is 4.90 Å². The minimum absolute atomic E-state index is 0.0105. The number of halogens is 8. The maximum Gasteiger partial charge on any atom is 0.258 e. The van der Waals surface area contributed by atoms with E-state index in [1.54, 1.807) is 6.08 Å². The molecule has 6 unspecified atom stereocenters. The predicted octanol–water partition coefficient (Wildman–Crippen LogP) is 7.13. The molecule has 7 nitrogen and oxygen atoms in total. The number of allylic oxidation sites excluding steroid dienone is 2. The van der Waals surface area contributed by atoms with E-state index in [4.69, 9.17) is 34.8 Å². The van der Waals surface area contributed by atoms with Gasteiger partial charge in [0.05, 0.1) is 17.5 Å². The van der Waals surface area contributed by atoms with Crippen LogP contribution in [0.1, 0.15) is 35.4 Å². The average Bonchev–Trinajstić information content (AvgIpc) is 3.40. The number of hydrogen-bond donors (Lipinski definition) is 1. The van der Waals surface area contributed by atoms with Gasteiger partial charge in [-0.05, 0) is 73.6 Å². The van der Waals surface area contributed by atoms with E-state index < -0.39 is 98.2 Å². The van der Waals surface area contributed by atoms with Gasteiger partial charge in [0, 0.05) is 10.9 Å². The van der Waals surface area contributed by atoms with Crippen LogP contribution in [0.4, 0.5) is 33.3 Å². The van der Waals surface area contributed by atoms with Crippen molar-refractivity contribution in [2.45, 2.75) is 42.4 Å². The van der Waals surface area contributed by atoms with Gasteiger partial charge in [0.1, 0.15) is 11.4 Å². The molecular formula is C34H22Cl3F5N2O5. The molecule has 2 saturated heterocycles. The lowest BCUT2D eigenvalue weighted by Crippen LogP contribution is -2.60. The topological polar surface area (TPSA) is 95.0 Å². The summed E-state index contributed by atoms with van der Waals surface area (Å²) in [5, 5.41) is 10.9. The zero-order valence-electron chi connectivity index (χ0n) is 25.3. The Hall–Kier alpha value is -4.00. The number of nitrogens with zero attached hydrogens (tertiary/aromatic N) is 2. The molecule has 0 radical (unpaired) electrons. The molecule has 3 aromatic rings. The van der Waals surface area contributed by atoms with Crippen LogP contribution in [0.3, 0.4) is 0 Å². The molecule has 0 aromatic heterocycles. The lowest BCUT2D eigenvalue weighted by atomic mass is 9.56. The van der Waals surface area contributed by atoms with Gasteiger partial charge in [-0.25, -0.2) is 26.9 Å². The predicted molar refractivity (Wildman–Crippen MR) is 168 cm³/mol. The number of benzene rings is 3. The highest BCUT2D eigenvalue weighted by Crippen LogP contribution is 2.66. The largest absolute Gasteiger partial charge is 0.507 e. The highest BCUT2D eigenvalue weighted by atomic mass is 35.5. The zero-order valence-corrected chi connectivity index (χ0v) is 27.5.